The Kier molecular flexibility index (Phi) is 19.7. The Morgan fingerprint density at radius 2 is 1.14 bits per heavy atom. The largest absolute Gasteiger partial charge is 1.00 e. The molecular weight excluding hydrogens is 606 g/mol. The molecule has 0 spiro atoms. The van der Waals surface area contributed by atoms with E-state index in [1.807, 2.05) is 24.3 Å². The first kappa shape index (κ1) is 40.8. The summed E-state index contributed by atoms with van der Waals surface area (Å²) in [5.74, 6) is 0. The zero-order chi connectivity index (χ0) is 29.7. The average Bonchev–Trinajstić information content (AvgIpc) is 3.29. The van der Waals surface area contributed by atoms with Crippen LogP contribution in [-0.2, 0) is 33.2 Å². The van der Waals surface area contributed by atoms with Gasteiger partial charge in [0.05, 0.1) is 17.0 Å². The number of nitrogens with zero attached hydrogens (tertiary/aromatic N) is 2. The van der Waals surface area contributed by atoms with Gasteiger partial charge in [0.15, 0.2) is 10.1 Å². The third-order valence-corrected chi connectivity index (χ3v) is 9.23. The average molecular weight is 651 g/mol. The van der Waals surface area contributed by atoms with Crippen LogP contribution >= 0.6 is 0 Å². The molecule has 43 heavy (non-hydrogen) atoms. The molecule has 0 aliphatic heterocycles. The van der Waals surface area contributed by atoms with Crippen molar-refractivity contribution in [1.29, 1.82) is 0 Å². The first-order chi connectivity index (χ1) is 19.6. The van der Waals surface area contributed by atoms with Gasteiger partial charge in [-0.15, -0.1) is 0 Å². The summed E-state index contributed by atoms with van der Waals surface area (Å²) >= 11 is 0. The number of rotatable bonds is 20. The molecule has 228 valence electrons. The minimum absolute atomic E-state index is 0. The molecule has 0 aliphatic rings. The summed E-state index contributed by atoms with van der Waals surface area (Å²) in [6, 6.07) is 11.5. The van der Waals surface area contributed by atoms with Gasteiger partial charge in [0, 0.05) is 0 Å². The Balaban J connectivity index is 0.00000462. The Morgan fingerprint density at radius 3 is 1.65 bits per heavy atom. The fraction of sp³-hybridized carbons (Fsp3) is 0.581. The van der Waals surface area contributed by atoms with E-state index in [0.29, 0.717) is 0 Å². The summed E-state index contributed by atoms with van der Waals surface area (Å²) in [5.41, 5.74) is 1.65. The Hall–Kier alpha value is -0.270. The number of para-hydroxylation sites is 1. The second-order valence-corrected chi connectivity index (χ2v) is 13.7. The molecule has 0 radical (unpaired) electrons. The number of imidazole rings is 1. The van der Waals surface area contributed by atoms with Gasteiger partial charge in [-0.3, -0.25) is 0 Å². The van der Waals surface area contributed by atoms with Gasteiger partial charge in [-0.1, -0.05) is 127 Å². The van der Waals surface area contributed by atoms with Crippen LogP contribution in [0.1, 0.15) is 114 Å². The van der Waals surface area contributed by atoms with Crippen LogP contribution in [0.25, 0.3) is 11.0 Å². The van der Waals surface area contributed by atoms with E-state index >= 15 is 0 Å². The number of fused-ring (bicyclic) bond motifs is 1. The van der Waals surface area contributed by atoms with Gasteiger partial charge in [-0.05, 0) is 36.1 Å². The maximum atomic E-state index is 11.9. The molecule has 0 unspecified atom stereocenters. The molecule has 1 heterocycles. The van der Waals surface area contributed by atoms with Gasteiger partial charge < -0.3 is 13.7 Å². The molecule has 0 saturated heterocycles. The Labute approximate surface area is 302 Å². The third-order valence-electron chi connectivity index (χ3n) is 7.60. The van der Waals surface area contributed by atoms with Crippen molar-refractivity contribution in [1.82, 2.24) is 9.55 Å². The molecule has 3 aromatic rings. The van der Waals surface area contributed by atoms with Crippen LogP contribution in [0.15, 0.2) is 52.5 Å². The van der Waals surface area contributed by atoms with E-state index in [9.17, 15) is 25.9 Å². The SMILES string of the molecule is CCCCCCCCCCCCCCCCCc1cccc(Cn2c(S(=O)(=O)[O-])nc3c(S(=O)(=O)[O-])cccc32)c1.[Na+].[Na+]. The first-order valence-electron chi connectivity index (χ1n) is 15.1. The number of aryl methyl sites for hydroxylation is 1. The zero-order valence-corrected chi connectivity index (χ0v) is 31.9. The Bertz CT molecular complexity index is 1460. The number of hydrogen-bond donors (Lipinski definition) is 0. The van der Waals surface area contributed by atoms with Gasteiger partial charge in [0.25, 0.3) is 0 Å². The van der Waals surface area contributed by atoms with Crippen molar-refractivity contribution in [2.24, 2.45) is 0 Å². The number of benzene rings is 2. The van der Waals surface area contributed by atoms with Crippen LogP contribution in [0.5, 0.6) is 0 Å². The van der Waals surface area contributed by atoms with Crippen LogP contribution in [0.2, 0.25) is 0 Å². The summed E-state index contributed by atoms with van der Waals surface area (Å²) in [7, 11) is -9.93. The standard InChI is InChI=1S/C31H46N2O6S2.2Na/c1-2-3-4-5-6-7-8-9-10-11-12-13-14-15-16-19-26-20-17-21-27(24-26)25-33-28-22-18-23-29(40(34,35)36)30(28)32-31(33)41(37,38)39;;/h17-18,20-24H,2-16,19,25H2,1H3,(H,34,35,36)(H,37,38,39);;/q;2*+1/p-2. The molecule has 0 atom stereocenters. The van der Waals surface area contributed by atoms with Crippen molar-refractivity contribution in [3.05, 3.63) is 53.6 Å². The summed E-state index contributed by atoms with van der Waals surface area (Å²) in [5, 5.41) is -0.809. The molecule has 0 bridgehead atoms. The van der Waals surface area contributed by atoms with E-state index < -0.39 is 30.3 Å². The Morgan fingerprint density at radius 1 is 0.651 bits per heavy atom. The quantitative estimate of drug-likeness (QED) is 0.102. The molecule has 8 nitrogen and oxygen atoms in total. The predicted octanol–water partition coefficient (Wildman–Crippen LogP) is 1.31. The molecule has 0 amide bonds. The molecule has 1 aromatic heterocycles. The molecule has 2 aromatic carbocycles. The smallest absolute Gasteiger partial charge is 0.744 e. The molecule has 0 N–H and O–H groups in total. The minimum atomic E-state index is -5.02. The van der Waals surface area contributed by atoms with Gasteiger partial charge >= 0.3 is 59.1 Å². The van der Waals surface area contributed by atoms with Crippen LogP contribution in [0, 0.1) is 0 Å². The second-order valence-electron chi connectivity index (χ2n) is 11.0. The molecule has 0 aliphatic carbocycles. The van der Waals surface area contributed by atoms with Crippen molar-refractivity contribution >= 4 is 31.3 Å². The van der Waals surface area contributed by atoms with Gasteiger partial charge in [0.2, 0.25) is 5.16 Å². The van der Waals surface area contributed by atoms with Gasteiger partial charge in [-0.25, -0.2) is 21.8 Å². The fourth-order valence-electron chi connectivity index (χ4n) is 5.41. The zero-order valence-electron chi connectivity index (χ0n) is 26.2. The summed E-state index contributed by atoms with van der Waals surface area (Å²) < 4.78 is 72.0. The summed E-state index contributed by atoms with van der Waals surface area (Å²) in [6.07, 6.45) is 20.5. The van der Waals surface area contributed by atoms with Gasteiger partial charge in [-0.2, -0.15) is 0 Å². The van der Waals surface area contributed by atoms with E-state index in [0.717, 1.165) is 36.5 Å². The fourth-order valence-corrected chi connectivity index (χ4v) is 6.68. The van der Waals surface area contributed by atoms with Crippen molar-refractivity contribution < 1.29 is 85.1 Å². The van der Waals surface area contributed by atoms with Crippen molar-refractivity contribution in [2.45, 2.75) is 126 Å². The minimum Gasteiger partial charge on any atom is -0.744 e. The molecule has 3 rings (SSSR count). The molecular formula is C31H44N2Na2O6S2. The number of hydrogen-bond acceptors (Lipinski definition) is 7. The van der Waals surface area contributed by atoms with E-state index in [2.05, 4.69) is 11.9 Å². The van der Waals surface area contributed by atoms with Crippen molar-refractivity contribution in [2.75, 3.05) is 0 Å². The predicted molar refractivity (Wildman–Crippen MR) is 160 cm³/mol. The van der Waals surface area contributed by atoms with Crippen LogP contribution in [-0.4, -0.2) is 35.5 Å². The third kappa shape index (κ3) is 13.9. The van der Waals surface area contributed by atoms with E-state index in [1.54, 1.807) is 0 Å². The second kappa shape index (κ2) is 20.8. The van der Waals surface area contributed by atoms with E-state index in [4.69, 9.17) is 0 Å². The van der Waals surface area contributed by atoms with E-state index in [-0.39, 0.29) is 76.7 Å². The number of unbranched alkanes of at least 4 members (excludes halogenated alkanes) is 14. The maximum absolute atomic E-state index is 11.9. The summed E-state index contributed by atoms with van der Waals surface area (Å²) in [6.45, 7) is 2.26. The number of aromatic nitrogens is 2. The van der Waals surface area contributed by atoms with Gasteiger partial charge in [0.1, 0.15) is 15.6 Å². The van der Waals surface area contributed by atoms with Crippen LogP contribution in [0.4, 0.5) is 0 Å². The van der Waals surface area contributed by atoms with E-state index in [1.165, 1.54) is 100 Å². The van der Waals surface area contributed by atoms with Crippen molar-refractivity contribution in [3.8, 4) is 0 Å². The van der Waals surface area contributed by atoms with Crippen LogP contribution < -0.4 is 59.1 Å². The molecule has 0 saturated carbocycles. The van der Waals surface area contributed by atoms with Crippen LogP contribution in [0.3, 0.4) is 0 Å². The van der Waals surface area contributed by atoms with Crippen molar-refractivity contribution in [3.63, 3.8) is 0 Å². The topological polar surface area (TPSA) is 132 Å². The normalized spacial score (nSPS) is 11.8. The monoisotopic (exact) mass is 650 g/mol. The molecule has 12 heteroatoms. The maximum Gasteiger partial charge on any atom is 1.00 e. The first-order valence-corrected chi connectivity index (χ1v) is 17.9. The summed E-state index contributed by atoms with van der Waals surface area (Å²) in [4.78, 5) is 3.12. The molecule has 0 fully saturated rings.